The van der Waals surface area contributed by atoms with Gasteiger partial charge in [0.15, 0.2) is 17.5 Å². The van der Waals surface area contributed by atoms with Gasteiger partial charge in [-0.1, -0.05) is 18.2 Å². The molecule has 0 radical (unpaired) electrons. The van der Waals surface area contributed by atoms with Gasteiger partial charge in [0, 0.05) is 31.9 Å². The number of hydrogen-bond acceptors (Lipinski definition) is 3. The minimum absolute atomic E-state index is 0.400. The fourth-order valence-electron chi connectivity index (χ4n) is 2.92. The first-order chi connectivity index (χ1) is 13.0. The van der Waals surface area contributed by atoms with Crippen molar-refractivity contribution in [1.82, 2.24) is 4.90 Å². The summed E-state index contributed by atoms with van der Waals surface area (Å²) in [4.78, 5) is 27.9. The zero-order valence-corrected chi connectivity index (χ0v) is 14.4. The molecule has 0 aromatic heterocycles. The summed E-state index contributed by atoms with van der Waals surface area (Å²) in [7, 11) is 0. The van der Waals surface area contributed by atoms with E-state index in [1.165, 1.54) is 0 Å². The van der Waals surface area contributed by atoms with E-state index in [-0.39, 0.29) is 0 Å². The summed E-state index contributed by atoms with van der Waals surface area (Å²) >= 11 is 0. The van der Waals surface area contributed by atoms with E-state index in [1.807, 2.05) is 30.3 Å². The Morgan fingerprint density at radius 3 is 2.22 bits per heavy atom. The number of hydrogen-bond donors (Lipinski definition) is 1. The smallest absolute Gasteiger partial charge is 0.233 e. The van der Waals surface area contributed by atoms with Crippen LogP contribution >= 0.6 is 0 Å². The highest BCUT2D eigenvalue weighted by Crippen LogP contribution is 2.20. The van der Waals surface area contributed by atoms with Crippen molar-refractivity contribution in [3.05, 3.63) is 59.9 Å². The van der Waals surface area contributed by atoms with Crippen molar-refractivity contribution in [2.24, 2.45) is 0 Å². The van der Waals surface area contributed by atoms with Crippen LogP contribution in [0.3, 0.4) is 0 Å². The summed E-state index contributed by atoms with van der Waals surface area (Å²) < 4.78 is 39.7. The summed E-state index contributed by atoms with van der Waals surface area (Å²) in [6, 6.07) is 11.4. The lowest BCUT2D eigenvalue weighted by Crippen LogP contribution is -2.49. The molecule has 2 amide bonds. The summed E-state index contributed by atoms with van der Waals surface area (Å²) in [5.74, 6) is -5.69. The van der Waals surface area contributed by atoms with Crippen LogP contribution < -0.4 is 10.2 Å². The van der Waals surface area contributed by atoms with Crippen molar-refractivity contribution >= 4 is 23.2 Å². The summed E-state index contributed by atoms with van der Waals surface area (Å²) in [5, 5.41) is 2.10. The molecule has 142 valence electrons. The highest BCUT2D eigenvalue weighted by molar-refractivity contribution is 6.03. The van der Waals surface area contributed by atoms with Crippen molar-refractivity contribution in [2.45, 2.75) is 6.42 Å². The van der Waals surface area contributed by atoms with Crippen LogP contribution in [0.2, 0.25) is 0 Å². The van der Waals surface area contributed by atoms with Crippen LogP contribution in [0.15, 0.2) is 42.5 Å². The average Bonchev–Trinajstić information content (AvgIpc) is 2.69. The third-order valence-corrected chi connectivity index (χ3v) is 4.37. The first-order valence-electron chi connectivity index (χ1n) is 8.47. The molecular weight excluding hydrogens is 359 g/mol. The Balaban J connectivity index is 1.52. The molecule has 5 nitrogen and oxygen atoms in total. The first-order valence-corrected chi connectivity index (χ1v) is 8.47. The minimum atomic E-state index is -1.67. The fourth-order valence-corrected chi connectivity index (χ4v) is 2.92. The maximum Gasteiger partial charge on any atom is 0.233 e. The highest BCUT2D eigenvalue weighted by atomic mass is 19.2. The minimum Gasteiger partial charge on any atom is -0.368 e. The van der Waals surface area contributed by atoms with Gasteiger partial charge in [-0.15, -0.1) is 0 Å². The monoisotopic (exact) mass is 377 g/mol. The number of anilines is 2. The molecule has 1 aliphatic heterocycles. The number of amides is 2. The quantitative estimate of drug-likeness (QED) is 0.659. The predicted octanol–water partition coefficient (Wildman–Crippen LogP) is 2.78. The Bertz CT molecular complexity index is 838. The molecule has 0 spiro atoms. The van der Waals surface area contributed by atoms with Crippen molar-refractivity contribution in [3.8, 4) is 0 Å². The van der Waals surface area contributed by atoms with E-state index >= 15 is 0 Å². The molecule has 1 N–H and O–H groups in total. The van der Waals surface area contributed by atoms with Gasteiger partial charge < -0.3 is 15.1 Å². The predicted molar refractivity (Wildman–Crippen MR) is 94.8 cm³/mol. The van der Waals surface area contributed by atoms with Gasteiger partial charge in [-0.2, -0.15) is 0 Å². The largest absolute Gasteiger partial charge is 0.368 e. The number of nitrogens with one attached hydrogen (secondary N) is 1. The van der Waals surface area contributed by atoms with E-state index in [0.29, 0.717) is 32.2 Å². The molecular formula is C19H18F3N3O2. The average molecular weight is 377 g/mol. The molecule has 27 heavy (non-hydrogen) atoms. The first kappa shape index (κ1) is 18.8. The maximum absolute atomic E-state index is 13.6. The number of para-hydroxylation sites is 1. The van der Waals surface area contributed by atoms with Crippen LogP contribution in [0.25, 0.3) is 0 Å². The van der Waals surface area contributed by atoms with Gasteiger partial charge in [0.2, 0.25) is 11.8 Å². The molecule has 1 aliphatic rings. The van der Waals surface area contributed by atoms with Crippen LogP contribution in [-0.2, 0) is 9.59 Å². The van der Waals surface area contributed by atoms with Crippen molar-refractivity contribution in [3.63, 3.8) is 0 Å². The number of halogens is 3. The van der Waals surface area contributed by atoms with Crippen LogP contribution in [0, 0.1) is 17.5 Å². The summed E-state index contributed by atoms with van der Waals surface area (Å²) in [5.41, 5.74) is 0.566. The molecule has 0 unspecified atom stereocenters. The van der Waals surface area contributed by atoms with Crippen molar-refractivity contribution < 1.29 is 22.8 Å². The number of nitrogens with zero attached hydrogens (tertiary/aromatic N) is 2. The van der Waals surface area contributed by atoms with Gasteiger partial charge in [-0.05, 0) is 24.3 Å². The fraction of sp³-hybridized carbons (Fsp3) is 0.263. The molecule has 1 heterocycles. The Hall–Kier alpha value is -3.03. The molecule has 0 atom stereocenters. The number of benzene rings is 2. The van der Waals surface area contributed by atoms with Crippen LogP contribution in [0.4, 0.5) is 24.5 Å². The van der Waals surface area contributed by atoms with Gasteiger partial charge in [0.05, 0.1) is 5.69 Å². The SMILES string of the molecule is O=C(CC(=O)N1CCN(c2ccccc2)CC1)Nc1ccc(F)c(F)c1F. The Labute approximate surface area is 154 Å². The van der Waals surface area contributed by atoms with E-state index in [2.05, 4.69) is 10.2 Å². The molecule has 0 bridgehead atoms. The topological polar surface area (TPSA) is 52.7 Å². The molecule has 2 aromatic carbocycles. The highest BCUT2D eigenvalue weighted by Gasteiger charge is 2.23. The number of piperazine rings is 1. The lowest BCUT2D eigenvalue weighted by molar-refractivity contribution is -0.134. The summed E-state index contributed by atoms with van der Waals surface area (Å²) in [6.45, 7) is 2.19. The van der Waals surface area contributed by atoms with Gasteiger partial charge in [-0.3, -0.25) is 9.59 Å². The van der Waals surface area contributed by atoms with Crippen LogP contribution in [0.5, 0.6) is 0 Å². The van der Waals surface area contributed by atoms with Gasteiger partial charge in [0.25, 0.3) is 0 Å². The molecule has 0 aliphatic carbocycles. The second kappa shape index (κ2) is 8.11. The zero-order valence-electron chi connectivity index (χ0n) is 14.4. The molecule has 3 rings (SSSR count). The lowest BCUT2D eigenvalue weighted by Gasteiger charge is -2.36. The second-order valence-electron chi connectivity index (χ2n) is 6.15. The molecule has 8 heteroatoms. The third-order valence-electron chi connectivity index (χ3n) is 4.37. The van der Waals surface area contributed by atoms with Gasteiger partial charge in [-0.25, -0.2) is 13.2 Å². The number of carbonyl (C=O) groups is 2. The summed E-state index contributed by atoms with van der Waals surface area (Å²) in [6.07, 6.45) is -0.496. The Morgan fingerprint density at radius 2 is 1.56 bits per heavy atom. The Morgan fingerprint density at radius 1 is 0.889 bits per heavy atom. The van der Waals surface area contributed by atoms with Crippen LogP contribution in [-0.4, -0.2) is 42.9 Å². The number of carbonyl (C=O) groups excluding carboxylic acids is 2. The Kier molecular flexibility index (Phi) is 5.63. The van der Waals surface area contributed by atoms with Crippen LogP contribution in [0.1, 0.15) is 6.42 Å². The van der Waals surface area contributed by atoms with E-state index < -0.39 is 41.4 Å². The van der Waals surface area contributed by atoms with Crippen molar-refractivity contribution in [2.75, 3.05) is 36.4 Å². The second-order valence-corrected chi connectivity index (χ2v) is 6.15. The molecule has 1 fully saturated rings. The number of rotatable bonds is 4. The molecule has 2 aromatic rings. The molecule has 0 saturated carbocycles. The van der Waals surface area contributed by atoms with E-state index in [1.54, 1.807) is 4.90 Å². The zero-order chi connectivity index (χ0) is 19.4. The lowest BCUT2D eigenvalue weighted by atomic mass is 10.2. The standard InChI is InChI=1S/C19H18F3N3O2/c20-14-6-7-15(19(22)18(14)21)23-16(26)12-17(27)25-10-8-24(9-11-25)13-4-2-1-3-5-13/h1-7H,8-12H2,(H,23,26). The van der Waals surface area contributed by atoms with Crippen molar-refractivity contribution in [1.29, 1.82) is 0 Å². The third kappa shape index (κ3) is 4.39. The van der Waals surface area contributed by atoms with E-state index in [9.17, 15) is 22.8 Å². The normalized spacial score (nSPS) is 14.2. The van der Waals surface area contributed by atoms with E-state index in [0.717, 1.165) is 11.8 Å². The van der Waals surface area contributed by atoms with Gasteiger partial charge >= 0.3 is 0 Å². The molecule has 1 saturated heterocycles. The maximum atomic E-state index is 13.6. The van der Waals surface area contributed by atoms with Gasteiger partial charge in [0.1, 0.15) is 6.42 Å². The van der Waals surface area contributed by atoms with E-state index in [4.69, 9.17) is 0 Å².